The van der Waals surface area contributed by atoms with Crippen LogP contribution in [-0.2, 0) is 44.8 Å². The van der Waals surface area contributed by atoms with E-state index < -0.39 is 89.7 Å². The molecule has 8 amide bonds. The molecule has 0 radical (unpaired) electrons. The molecule has 1 aromatic rings. The lowest BCUT2D eigenvalue weighted by molar-refractivity contribution is -0.133. The summed E-state index contributed by atoms with van der Waals surface area (Å²) in [5.41, 5.74) is 74.0. The van der Waals surface area contributed by atoms with Crippen molar-refractivity contribution in [3.63, 3.8) is 0 Å². The first kappa shape index (κ1) is 72.9. The number of amides is 8. The Morgan fingerprint density at radius 2 is 0.627 bits per heavy atom. The second-order valence-corrected chi connectivity index (χ2v) is 19.9. The Kier molecular flexibility index (Phi) is 37.5. The molecule has 0 saturated carbocycles. The molecule has 0 aliphatic heterocycles. The summed E-state index contributed by atoms with van der Waals surface area (Å²) in [4.78, 5) is 122. The number of aliphatic imine (C=N–C) groups is 4. The number of carbonyl (C=O) groups excluding carboxylic acids is 8. The van der Waals surface area contributed by atoms with Crippen LogP contribution in [0.4, 0.5) is 0 Å². The fraction of sp³-hybridized carbons (Fsp3) is 0.647. The minimum absolute atomic E-state index is 0.0198. The van der Waals surface area contributed by atoms with Gasteiger partial charge in [0.1, 0.15) is 24.2 Å². The zero-order chi connectivity index (χ0) is 62.1. The first-order chi connectivity index (χ1) is 39.4. The number of hydrogen-bond acceptors (Lipinski definition) is 16. The van der Waals surface area contributed by atoms with Crippen LogP contribution in [0.25, 0.3) is 0 Å². The largest absolute Gasteiger partial charge is 0.370 e. The average Bonchev–Trinajstić information content (AvgIpc) is 3.47. The number of benzene rings is 1. The van der Waals surface area contributed by atoms with E-state index in [0.717, 1.165) is 0 Å². The predicted octanol–water partition coefficient (Wildman–Crippen LogP) is -6.96. The van der Waals surface area contributed by atoms with E-state index in [2.05, 4.69) is 57.2 Å². The highest BCUT2D eigenvalue weighted by atomic mass is 16.2. The van der Waals surface area contributed by atoms with Crippen LogP contribution in [0.5, 0.6) is 0 Å². The molecular formula is C51H96N24O8. The molecule has 8 atom stereocenters. The Labute approximate surface area is 485 Å². The summed E-state index contributed by atoms with van der Waals surface area (Å²) < 4.78 is 0. The third-order valence-electron chi connectivity index (χ3n) is 12.7. The number of carbonyl (C=O) groups is 8. The number of guanidine groups is 4. The molecule has 0 spiro atoms. The summed E-state index contributed by atoms with van der Waals surface area (Å²) in [6.45, 7) is 1.57. The van der Waals surface area contributed by atoms with Crippen molar-refractivity contribution < 1.29 is 38.4 Å². The van der Waals surface area contributed by atoms with E-state index in [1.165, 1.54) is 0 Å². The Balaban J connectivity index is 3.29. The molecule has 468 valence electrons. The van der Waals surface area contributed by atoms with Gasteiger partial charge in [0.2, 0.25) is 47.3 Å². The summed E-state index contributed by atoms with van der Waals surface area (Å²) in [5, 5.41) is 19.2. The minimum atomic E-state index is -1.29. The van der Waals surface area contributed by atoms with Gasteiger partial charge in [-0.1, -0.05) is 30.3 Å². The fourth-order valence-electron chi connectivity index (χ4n) is 8.02. The van der Waals surface area contributed by atoms with Crippen LogP contribution in [0.1, 0.15) is 115 Å². The zero-order valence-electron chi connectivity index (χ0n) is 47.7. The van der Waals surface area contributed by atoms with Crippen molar-refractivity contribution in [2.45, 2.75) is 164 Å². The lowest BCUT2D eigenvalue weighted by Gasteiger charge is -2.26. The van der Waals surface area contributed by atoms with Crippen molar-refractivity contribution in [2.24, 2.45) is 94.5 Å². The third-order valence-corrected chi connectivity index (χ3v) is 12.7. The highest BCUT2D eigenvalue weighted by Gasteiger charge is 2.31. The van der Waals surface area contributed by atoms with Crippen LogP contribution in [0.2, 0.25) is 0 Å². The number of nitrogens with one attached hydrogen (secondary N) is 7. The second kappa shape index (κ2) is 42.7. The van der Waals surface area contributed by atoms with E-state index in [4.69, 9.17) is 74.5 Å². The Morgan fingerprint density at radius 3 is 0.952 bits per heavy atom. The lowest BCUT2D eigenvalue weighted by Crippen LogP contribution is -2.57. The molecule has 0 unspecified atom stereocenters. The maximum absolute atomic E-state index is 14.3. The molecule has 0 saturated heterocycles. The number of rotatable bonds is 45. The molecule has 1 rings (SSSR count). The lowest BCUT2D eigenvalue weighted by atomic mass is 10.0. The van der Waals surface area contributed by atoms with E-state index >= 15 is 0 Å². The SMILES string of the molecule is NC(=O)[C@H](Cc1ccccc1)NC(=O)[C@H](CCCCNC(=O)[C@H](CCCCNC(=O)[C@@H](N)CCCN=C(N)N)NC(=O)[C@@H](N)CCCN=C(N)N)NC(=O)[C@H](CCCCNC(=O)[C@@H](N)CCCN=C(N)N)NC(=O)[C@@H](N)CCCN=C(N)N. The number of hydrogen-bond donors (Lipinski definition) is 20. The van der Waals surface area contributed by atoms with Crippen LogP contribution >= 0.6 is 0 Å². The second-order valence-electron chi connectivity index (χ2n) is 19.9. The monoisotopic (exact) mass is 1170 g/mol. The smallest absolute Gasteiger partial charge is 0.243 e. The van der Waals surface area contributed by atoms with Crippen LogP contribution in [0.15, 0.2) is 50.3 Å². The fourth-order valence-corrected chi connectivity index (χ4v) is 8.02. The van der Waals surface area contributed by atoms with Crippen LogP contribution in [0, 0.1) is 0 Å². The van der Waals surface area contributed by atoms with Gasteiger partial charge in [0.15, 0.2) is 23.8 Å². The van der Waals surface area contributed by atoms with Gasteiger partial charge in [0.05, 0.1) is 24.2 Å². The summed E-state index contributed by atoms with van der Waals surface area (Å²) in [6, 6.07) is 0.414. The van der Waals surface area contributed by atoms with Gasteiger partial charge in [-0.3, -0.25) is 58.3 Å². The van der Waals surface area contributed by atoms with Crippen molar-refractivity contribution in [1.29, 1.82) is 0 Å². The molecule has 83 heavy (non-hydrogen) atoms. The molecule has 0 aliphatic carbocycles. The Morgan fingerprint density at radius 1 is 0.337 bits per heavy atom. The maximum atomic E-state index is 14.3. The van der Waals surface area contributed by atoms with Gasteiger partial charge in [-0.2, -0.15) is 0 Å². The highest BCUT2D eigenvalue weighted by molar-refractivity contribution is 5.95. The molecule has 0 aromatic heterocycles. The van der Waals surface area contributed by atoms with Gasteiger partial charge in [-0.15, -0.1) is 0 Å². The summed E-state index contributed by atoms with van der Waals surface area (Å²) in [5.74, 6) is -5.24. The molecule has 0 aliphatic rings. The van der Waals surface area contributed by atoms with Crippen molar-refractivity contribution in [3.05, 3.63) is 35.9 Å². The van der Waals surface area contributed by atoms with Crippen LogP contribution in [0.3, 0.4) is 0 Å². The molecule has 0 heterocycles. The van der Waals surface area contributed by atoms with E-state index in [-0.39, 0.29) is 114 Å². The Bertz CT molecular complexity index is 2260. The van der Waals surface area contributed by atoms with Gasteiger partial charge in [-0.05, 0) is 115 Å². The van der Waals surface area contributed by atoms with Gasteiger partial charge >= 0.3 is 0 Å². The number of unbranched alkanes of at least 4 members (excludes halogenated alkanes) is 3. The standard InChI is InChI=1S/C51H96N24O8/c52-32(16-10-26-68-48(57)58)41(77)65-23-7-4-20-36(72-43(79)34(54)18-12-28-70-50(61)62)45(81)67-25-9-6-22-38(47(83)75-39(40(56)76)30-31-14-2-1-3-15-31)74-46(82)37(73-44(80)35(55)19-13-29-71-51(63)64)21-5-8-24-66-42(78)33(53)17-11-27-69-49(59)60/h1-3,14-15,32-39H,4-13,16-30,52-55H2,(H2,56,76)(H,65,77)(H,66,78)(H,67,81)(H,72,79)(H,73,80)(H,74,82)(H,75,83)(H4,57,58,68)(H4,59,60,69)(H4,61,62,70)(H4,63,64,71)/t32-,33-,34-,35-,36-,37-,38-,39-/m0/s1. The van der Waals surface area contributed by atoms with Gasteiger partial charge in [0.25, 0.3) is 0 Å². The molecular weight excluding hydrogens is 1080 g/mol. The predicted molar refractivity (Wildman–Crippen MR) is 319 cm³/mol. The van der Waals surface area contributed by atoms with Crippen molar-refractivity contribution in [3.8, 4) is 0 Å². The van der Waals surface area contributed by atoms with Gasteiger partial charge < -0.3 is 112 Å². The number of primary amides is 1. The quantitative estimate of drug-likeness (QED) is 0.0164. The summed E-state index contributed by atoms with van der Waals surface area (Å²) in [6.07, 6.45) is 4.99. The zero-order valence-corrected chi connectivity index (χ0v) is 47.7. The van der Waals surface area contributed by atoms with Gasteiger partial charge in [0, 0.05) is 52.2 Å². The van der Waals surface area contributed by atoms with Crippen LogP contribution < -0.4 is 112 Å². The average molecular weight is 1170 g/mol. The van der Waals surface area contributed by atoms with Gasteiger partial charge in [-0.25, -0.2) is 0 Å². The van der Waals surface area contributed by atoms with E-state index in [0.29, 0.717) is 82.9 Å². The van der Waals surface area contributed by atoms with E-state index in [1.54, 1.807) is 30.3 Å². The number of nitrogens with zero attached hydrogens (tertiary/aromatic N) is 4. The topological polar surface area (TPSA) is 608 Å². The first-order valence-corrected chi connectivity index (χ1v) is 28.0. The first-order valence-electron chi connectivity index (χ1n) is 28.0. The highest BCUT2D eigenvalue weighted by Crippen LogP contribution is 2.11. The van der Waals surface area contributed by atoms with E-state index in [1.807, 2.05) is 0 Å². The van der Waals surface area contributed by atoms with E-state index in [9.17, 15) is 38.4 Å². The molecule has 32 heteroatoms. The normalized spacial score (nSPS) is 13.7. The molecule has 0 bridgehead atoms. The van der Waals surface area contributed by atoms with Crippen LogP contribution in [-0.4, -0.2) is 165 Å². The molecule has 0 fully saturated rings. The number of nitrogens with two attached hydrogens (primary N) is 13. The van der Waals surface area contributed by atoms with Crippen molar-refractivity contribution in [1.82, 2.24) is 37.2 Å². The molecule has 33 N–H and O–H groups in total. The molecule has 1 aromatic carbocycles. The molecule has 32 nitrogen and oxygen atoms in total. The Hall–Kier alpha value is -8.10. The summed E-state index contributed by atoms with van der Waals surface area (Å²) >= 11 is 0. The third kappa shape index (κ3) is 35.4. The van der Waals surface area contributed by atoms with Crippen molar-refractivity contribution >= 4 is 71.1 Å². The maximum Gasteiger partial charge on any atom is 0.243 e. The summed E-state index contributed by atoms with van der Waals surface area (Å²) in [7, 11) is 0. The minimum Gasteiger partial charge on any atom is -0.370 e. The van der Waals surface area contributed by atoms with Crippen molar-refractivity contribution in [2.75, 3.05) is 45.8 Å².